The average Bonchev–Trinajstić information content (AvgIpc) is 2.50. The third-order valence-corrected chi connectivity index (χ3v) is 2.21. The highest BCUT2D eigenvalue weighted by molar-refractivity contribution is 5.87. The second kappa shape index (κ2) is 4.92. The number of rotatable bonds is 2. The third kappa shape index (κ3) is 2.43. The summed E-state index contributed by atoms with van der Waals surface area (Å²) in [5.41, 5.74) is 5.39. The molecule has 1 heterocycles. The molecular weight excluding hydrogens is 188 g/mol. The van der Waals surface area contributed by atoms with Crippen molar-refractivity contribution in [2.45, 2.75) is 31.8 Å². The lowest BCUT2D eigenvalue weighted by molar-refractivity contribution is -0.148. The first-order chi connectivity index (χ1) is 6.04. The number of carbonyl (C=O) groups is 2. The lowest BCUT2D eigenvalue weighted by Crippen LogP contribution is -2.47. The van der Waals surface area contributed by atoms with Crippen LogP contribution in [-0.4, -0.2) is 46.0 Å². The maximum absolute atomic E-state index is 11.4. The van der Waals surface area contributed by atoms with Crippen molar-refractivity contribution in [3.8, 4) is 0 Å². The van der Waals surface area contributed by atoms with Gasteiger partial charge in [0.2, 0.25) is 5.91 Å². The molecule has 0 aliphatic carbocycles. The first-order valence-electron chi connectivity index (χ1n) is 4.33. The fourth-order valence-electron chi connectivity index (χ4n) is 1.55. The van der Waals surface area contributed by atoms with Gasteiger partial charge < -0.3 is 21.2 Å². The number of carboxylic acids is 1. The normalized spacial score (nSPS) is 22.7. The van der Waals surface area contributed by atoms with Crippen molar-refractivity contribution in [2.24, 2.45) is 5.73 Å². The topological polar surface area (TPSA) is 115 Å². The summed E-state index contributed by atoms with van der Waals surface area (Å²) in [4.78, 5) is 23.5. The molecule has 82 valence electrons. The van der Waals surface area contributed by atoms with Crippen molar-refractivity contribution in [1.82, 2.24) is 4.90 Å². The summed E-state index contributed by atoms with van der Waals surface area (Å²) in [5, 5.41) is 8.78. The SMILES string of the molecule is C[C@H](N)C(=O)N1CCC[C@H]1C(=O)O.O. The lowest BCUT2D eigenvalue weighted by atomic mass is 10.2. The van der Waals surface area contributed by atoms with Crippen LogP contribution in [0.3, 0.4) is 0 Å². The van der Waals surface area contributed by atoms with E-state index < -0.39 is 18.1 Å². The quantitative estimate of drug-likeness (QED) is 0.574. The maximum Gasteiger partial charge on any atom is 0.326 e. The molecular formula is C8H16N2O4. The van der Waals surface area contributed by atoms with Crippen molar-refractivity contribution < 1.29 is 20.2 Å². The molecule has 0 aromatic rings. The number of hydrogen-bond donors (Lipinski definition) is 2. The highest BCUT2D eigenvalue weighted by Crippen LogP contribution is 2.17. The van der Waals surface area contributed by atoms with Gasteiger partial charge in [0, 0.05) is 6.54 Å². The molecule has 6 heteroatoms. The summed E-state index contributed by atoms with van der Waals surface area (Å²) >= 11 is 0. The fourth-order valence-corrected chi connectivity index (χ4v) is 1.55. The van der Waals surface area contributed by atoms with E-state index in [1.165, 1.54) is 4.90 Å². The standard InChI is InChI=1S/C8H14N2O3.H2O/c1-5(9)7(11)10-4-2-3-6(10)8(12)13;/h5-6H,2-4,9H2,1H3,(H,12,13);1H2/t5-,6-;/m0./s1. The van der Waals surface area contributed by atoms with Gasteiger partial charge >= 0.3 is 5.97 Å². The number of carbonyl (C=O) groups excluding carboxylic acids is 1. The highest BCUT2D eigenvalue weighted by atomic mass is 16.4. The van der Waals surface area contributed by atoms with E-state index in [1.54, 1.807) is 6.92 Å². The Hall–Kier alpha value is -1.14. The predicted octanol–water partition coefficient (Wildman–Crippen LogP) is -1.42. The van der Waals surface area contributed by atoms with E-state index in [-0.39, 0.29) is 11.4 Å². The highest BCUT2D eigenvalue weighted by Gasteiger charge is 2.34. The van der Waals surface area contributed by atoms with Crippen LogP contribution >= 0.6 is 0 Å². The number of amides is 1. The van der Waals surface area contributed by atoms with Crippen LogP contribution in [0, 0.1) is 0 Å². The Morgan fingerprint density at radius 1 is 1.57 bits per heavy atom. The van der Waals surface area contributed by atoms with E-state index >= 15 is 0 Å². The van der Waals surface area contributed by atoms with E-state index in [1.807, 2.05) is 0 Å². The number of nitrogens with zero attached hydrogens (tertiary/aromatic N) is 1. The van der Waals surface area contributed by atoms with Crippen molar-refractivity contribution in [2.75, 3.05) is 6.54 Å². The van der Waals surface area contributed by atoms with Gasteiger partial charge in [0.25, 0.3) is 0 Å². The molecule has 1 fully saturated rings. The van der Waals surface area contributed by atoms with Gasteiger partial charge in [-0.3, -0.25) is 4.79 Å². The Balaban J connectivity index is 0.00000169. The van der Waals surface area contributed by atoms with E-state index in [0.717, 1.165) is 6.42 Å². The molecule has 2 atom stereocenters. The molecule has 1 aliphatic rings. The fraction of sp³-hybridized carbons (Fsp3) is 0.750. The molecule has 1 aliphatic heterocycles. The molecule has 0 unspecified atom stereocenters. The Labute approximate surface area is 82.0 Å². The van der Waals surface area contributed by atoms with Crippen LogP contribution in [-0.2, 0) is 9.59 Å². The van der Waals surface area contributed by atoms with Crippen molar-refractivity contribution in [1.29, 1.82) is 0 Å². The first-order valence-corrected chi connectivity index (χ1v) is 4.33. The molecule has 5 N–H and O–H groups in total. The molecule has 6 nitrogen and oxygen atoms in total. The number of aliphatic carboxylic acids is 1. The zero-order chi connectivity index (χ0) is 10.0. The summed E-state index contributed by atoms with van der Waals surface area (Å²) in [6.07, 6.45) is 1.28. The zero-order valence-electron chi connectivity index (χ0n) is 8.06. The van der Waals surface area contributed by atoms with Crippen molar-refractivity contribution >= 4 is 11.9 Å². The van der Waals surface area contributed by atoms with Gasteiger partial charge in [-0.15, -0.1) is 0 Å². The Kier molecular flexibility index (Phi) is 4.52. The number of carboxylic acid groups (broad SMARTS) is 1. The molecule has 1 amide bonds. The summed E-state index contributed by atoms with van der Waals surface area (Å²) in [5.74, 6) is -1.21. The molecule has 0 radical (unpaired) electrons. The van der Waals surface area contributed by atoms with E-state index in [4.69, 9.17) is 10.8 Å². The maximum atomic E-state index is 11.4. The van der Waals surface area contributed by atoms with Crippen LogP contribution in [0.15, 0.2) is 0 Å². The van der Waals surface area contributed by atoms with Gasteiger partial charge in [0.05, 0.1) is 6.04 Å². The van der Waals surface area contributed by atoms with E-state index in [0.29, 0.717) is 13.0 Å². The Bertz CT molecular complexity index is 229. The predicted molar refractivity (Wildman–Crippen MR) is 49.6 cm³/mol. The van der Waals surface area contributed by atoms with Crippen LogP contribution in [0.25, 0.3) is 0 Å². The van der Waals surface area contributed by atoms with E-state index in [9.17, 15) is 9.59 Å². The lowest BCUT2D eigenvalue weighted by Gasteiger charge is -2.22. The number of likely N-dealkylation sites (tertiary alicyclic amines) is 1. The summed E-state index contributed by atoms with van der Waals surface area (Å²) in [6, 6.07) is -1.28. The van der Waals surface area contributed by atoms with E-state index in [2.05, 4.69) is 0 Å². The number of hydrogen-bond acceptors (Lipinski definition) is 3. The smallest absolute Gasteiger partial charge is 0.326 e. The van der Waals surface area contributed by atoms with Gasteiger partial charge in [-0.1, -0.05) is 0 Å². The Morgan fingerprint density at radius 2 is 2.14 bits per heavy atom. The molecule has 1 rings (SSSR count). The second-order valence-electron chi connectivity index (χ2n) is 3.32. The summed E-state index contributed by atoms with van der Waals surface area (Å²) in [6.45, 7) is 2.08. The third-order valence-electron chi connectivity index (χ3n) is 2.21. The second-order valence-corrected chi connectivity index (χ2v) is 3.32. The number of nitrogens with two attached hydrogens (primary N) is 1. The Morgan fingerprint density at radius 3 is 2.57 bits per heavy atom. The minimum Gasteiger partial charge on any atom is -0.480 e. The summed E-state index contributed by atoms with van der Waals surface area (Å²) < 4.78 is 0. The molecule has 0 saturated carbocycles. The molecule has 0 spiro atoms. The average molecular weight is 204 g/mol. The first kappa shape index (κ1) is 12.9. The molecule has 14 heavy (non-hydrogen) atoms. The van der Waals surface area contributed by atoms with Crippen LogP contribution in [0.5, 0.6) is 0 Å². The van der Waals surface area contributed by atoms with Crippen LogP contribution in [0.1, 0.15) is 19.8 Å². The minimum absolute atomic E-state index is 0. The monoisotopic (exact) mass is 204 g/mol. The molecule has 0 aromatic heterocycles. The van der Waals surface area contributed by atoms with Gasteiger partial charge in [-0.05, 0) is 19.8 Å². The van der Waals surface area contributed by atoms with Crippen molar-refractivity contribution in [3.05, 3.63) is 0 Å². The minimum atomic E-state index is -0.938. The van der Waals surface area contributed by atoms with Crippen LogP contribution in [0.4, 0.5) is 0 Å². The van der Waals surface area contributed by atoms with Gasteiger partial charge in [0.1, 0.15) is 6.04 Å². The summed E-state index contributed by atoms with van der Waals surface area (Å²) in [7, 11) is 0. The van der Waals surface area contributed by atoms with Crippen LogP contribution in [0.2, 0.25) is 0 Å². The molecule has 0 aromatic carbocycles. The van der Waals surface area contributed by atoms with Crippen LogP contribution < -0.4 is 5.73 Å². The molecule has 1 saturated heterocycles. The molecule has 0 bridgehead atoms. The van der Waals surface area contributed by atoms with Crippen molar-refractivity contribution in [3.63, 3.8) is 0 Å². The van der Waals surface area contributed by atoms with Gasteiger partial charge in [0.15, 0.2) is 0 Å². The van der Waals surface area contributed by atoms with Gasteiger partial charge in [-0.25, -0.2) is 4.79 Å². The van der Waals surface area contributed by atoms with Gasteiger partial charge in [-0.2, -0.15) is 0 Å². The zero-order valence-corrected chi connectivity index (χ0v) is 8.06. The largest absolute Gasteiger partial charge is 0.480 e.